The first-order chi connectivity index (χ1) is 51.9. The minimum Gasteiger partial charge on any atom is -0.462 e. The van der Waals surface area contributed by atoms with Crippen molar-refractivity contribution in [3.8, 4) is 0 Å². The zero-order chi connectivity index (χ0) is 78.5. The number of phosphoric acid groups is 2. The maximum Gasteiger partial charge on any atom is 0.472 e. The summed E-state index contributed by atoms with van der Waals surface area (Å²) >= 11 is 0. The first-order valence-electron chi connectivity index (χ1n) is 45.5. The third kappa shape index (κ3) is 81.9. The Labute approximate surface area is 658 Å². The van der Waals surface area contributed by atoms with Gasteiger partial charge in [-0.3, -0.25) is 37.3 Å². The van der Waals surface area contributed by atoms with Crippen molar-refractivity contribution in [2.75, 3.05) is 39.6 Å². The molecule has 0 aliphatic carbocycles. The molecule has 0 fully saturated rings. The van der Waals surface area contributed by atoms with Gasteiger partial charge in [-0.05, 0) is 37.5 Å². The second-order valence-corrected chi connectivity index (χ2v) is 35.5. The molecule has 0 saturated heterocycles. The van der Waals surface area contributed by atoms with Crippen LogP contribution in [0.15, 0.2) is 0 Å². The van der Waals surface area contributed by atoms with Crippen molar-refractivity contribution in [3.05, 3.63) is 0 Å². The van der Waals surface area contributed by atoms with Gasteiger partial charge < -0.3 is 33.8 Å². The van der Waals surface area contributed by atoms with E-state index in [1.165, 1.54) is 289 Å². The lowest BCUT2D eigenvalue weighted by atomic mass is 10.0. The molecule has 0 bridgehead atoms. The molecule has 0 rings (SSSR count). The van der Waals surface area contributed by atoms with Crippen molar-refractivity contribution >= 4 is 39.5 Å². The molecule has 0 amide bonds. The number of ether oxygens (including phenoxy) is 4. The average molecular weight is 1560 g/mol. The van der Waals surface area contributed by atoms with E-state index in [1.54, 1.807) is 0 Å². The van der Waals surface area contributed by atoms with Gasteiger partial charge >= 0.3 is 39.5 Å². The zero-order valence-corrected chi connectivity index (χ0v) is 72.2. The molecule has 5 atom stereocenters. The molecule has 107 heavy (non-hydrogen) atoms. The largest absolute Gasteiger partial charge is 0.472 e. The second-order valence-electron chi connectivity index (χ2n) is 32.6. The van der Waals surface area contributed by atoms with Crippen LogP contribution in [-0.4, -0.2) is 96.7 Å². The minimum atomic E-state index is -4.97. The van der Waals surface area contributed by atoms with Crippen LogP contribution >= 0.6 is 15.6 Å². The van der Waals surface area contributed by atoms with E-state index >= 15 is 0 Å². The topological polar surface area (TPSA) is 237 Å². The van der Waals surface area contributed by atoms with E-state index in [9.17, 15) is 43.2 Å². The number of hydrogen-bond acceptors (Lipinski definition) is 15. The Hall–Kier alpha value is -1.94. The van der Waals surface area contributed by atoms with Crippen molar-refractivity contribution in [2.24, 2.45) is 11.8 Å². The molecule has 0 saturated carbocycles. The maximum atomic E-state index is 13.2. The lowest BCUT2D eigenvalue weighted by Crippen LogP contribution is -2.30. The number of carbonyl (C=O) groups excluding carboxylic acids is 4. The number of esters is 4. The molecular weight excluding hydrogens is 1390 g/mol. The number of carbonyl (C=O) groups is 4. The number of hydrogen-bond donors (Lipinski definition) is 3. The van der Waals surface area contributed by atoms with Crippen LogP contribution in [0.4, 0.5) is 0 Å². The maximum absolute atomic E-state index is 13.2. The molecule has 636 valence electrons. The van der Waals surface area contributed by atoms with Crippen LogP contribution in [0, 0.1) is 11.8 Å². The van der Waals surface area contributed by atoms with Gasteiger partial charge in [0.1, 0.15) is 19.3 Å². The zero-order valence-electron chi connectivity index (χ0n) is 70.5. The van der Waals surface area contributed by atoms with Crippen molar-refractivity contribution in [2.45, 2.75) is 490 Å². The van der Waals surface area contributed by atoms with E-state index in [0.29, 0.717) is 25.7 Å². The summed E-state index contributed by atoms with van der Waals surface area (Å²) in [5.41, 5.74) is 0. The first-order valence-corrected chi connectivity index (χ1v) is 48.5. The minimum absolute atomic E-state index is 0.108. The molecule has 17 nitrogen and oxygen atoms in total. The number of aliphatic hydroxyl groups excluding tert-OH is 1. The Kier molecular flexibility index (Phi) is 77.9. The molecule has 0 aromatic heterocycles. The second kappa shape index (κ2) is 79.3. The molecule has 0 radical (unpaired) electrons. The van der Waals surface area contributed by atoms with Gasteiger partial charge in [0.05, 0.1) is 26.4 Å². The molecule has 2 unspecified atom stereocenters. The van der Waals surface area contributed by atoms with Gasteiger partial charge in [-0.15, -0.1) is 0 Å². The highest BCUT2D eigenvalue weighted by Gasteiger charge is 2.30. The van der Waals surface area contributed by atoms with Gasteiger partial charge in [-0.1, -0.05) is 420 Å². The van der Waals surface area contributed by atoms with Crippen LogP contribution in [0.1, 0.15) is 472 Å². The predicted octanol–water partition coefficient (Wildman–Crippen LogP) is 27.0. The van der Waals surface area contributed by atoms with Crippen molar-refractivity contribution in [3.63, 3.8) is 0 Å². The Balaban J connectivity index is 5.27. The van der Waals surface area contributed by atoms with Crippen LogP contribution in [0.25, 0.3) is 0 Å². The van der Waals surface area contributed by atoms with Crippen LogP contribution in [0.2, 0.25) is 0 Å². The molecule has 19 heteroatoms. The lowest BCUT2D eigenvalue weighted by molar-refractivity contribution is -0.161. The fourth-order valence-electron chi connectivity index (χ4n) is 13.8. The molecule has 0 spiro atoms. The third-order valence-electron chi connectivity index (χ3n) is 20.7. The molecule has 0 aromatic rings. The highest BCUT2D eigenvalue weighted by Crippen LogP contribution is 2.45. The van der Waals surface area contributed by atoms with Gasteiger partial charge in [0.25, 0.3) is 0 Å². The Morgan fingerprint density at radius 3 is 0.636 bits per heavy atom. The summed E-state index contributed by atoms with van der Waals surface area (Å²) in [6.45, 7) is 9.75. The lowest BCUT2D eigenvalue weighted by Gasteiger charge is -2.21. The first kappa shape index (κ1) is 105. The summed E-state index contributed by atoms with van der Waals surface area (Å²) < 4.78 is 69.0. The highest BCUT2D eigenvalue weighted by molar-refractivity contribution is 7.47. The molecular formula is C88H172O17P2. The fourth-order valence-corrected chi connectivity index (χ4v) is 15.4. The van der Waals surface area contributed by atoms with Gasteiger partial charge in [0, 0.05) is 25.7 Å². The highest BCUT2D eigenvalue weighted by atomic mass is 31.2. The van der Waals surface area contributed by atoms with Crippen LogP contribution in [0.3, 0.4) is 0 Å². The van der Waals surface area contributed by atoms with Crippen LogP contribution < -0.4 is 0 Å². The summed E-state index contributed by atoms with van der Waals surface area (Å²) in [6.07, 6.45) is 72.1. The van der Waals surface area contributed by atoms with Crippen LogP contribution in [0.5, 0.6) is 0 Å². The van der Waals surface area contributed by atoms with E-state index in [4.69, 9.17) is 37.0 Å². The summed E-state index contributed by atoms with van der Waals surface area (Å²) in [5.74, 6) is -0.492. The van der Waals surface area contributed by atoms with E-state index in [2.05, 4.69) is 41.5 Å². The Morgan fingerprint density at radius 1 is 0.252 bits per heavy atom. The number of unbranched alkanes of at least 4 members (excludes halogenated alkanes) is 57. The standard InChI is InChI=1S/C88H172O17P2/c1-7-9-11-13-15-17-19-21-22-23-24-28-35-41-47-53-59-65-71-86(91)99-77-84(104-87(92)72-66-60-54-48-42-36-29-26-25-27-33-38-44-50-56-62-68-80(3)4)79-103-107(96,97)101-75-82(89)74-100-106(94,95)102-78-83(76-98-85(90)70-64-58-52-46-40-32-20-18-16-14-12-10-8-2)105-88(93)73-67-61-55-49-43-37-31-30-34-39-45-51-57-63-69-81(5)6/h80-84,89H,7-79H2,1-6H3,(H,94,95)(H,96,97)/t82-,83+,84+/m0/s1. The monoisotopic (exact) mass is 1560 g/mol. The summed E-state index contributed by atoms with van der Waals surface area (Å²) in [5, 5.41) is 10.7. The number of aliphatic hydroxyl groups is 1. The Morgan fingerprint density at radius 2 is 0.430 bits per heavy atom. The molecule has 0 aromatic carbocycles. The SMILES string of the molecule is CCCCCCCCCCCCCCCCCCCCC(=O)OC[C@H](COP(=O)(O)OC[C@@H](O)COP(=O)(O)OC[C@@H](COC(=O)CCCCCCCCCCCCCCC)OC(=O)CCCCCCCCCCCCCCCCC(C)C)OC(=O)CCCCCCCCCCCCCCCCCCC(C)C. The molecule has 0 heterocycles. The smallest absolute Gasteiger partial charge is 0.462 e. The third-order valence-corrected chi connectivity index (χ3v) is 22.6. The summed E-state index contributed by atoms with van der Waals surface area (Å²) in [6, 6.07) is 0. The van der Waals surface area contributed by atoms with Gasteiger partial charge in [-0.2, -0.15) is 0 Å². The van der Waals surface area contributed by atoms with E-state index in [0.717, 1.165) is 102 Å². The molecule has 0 aliphatic heterocycles. The van der Waals surface area contributed by atoms with Crippen molar-refractivity contribution < 1.29 is 80.2 Å². The number of phosphoric ester groups is 2. The van der Waals surface area contributed by atoms with E-state index < -0.39 is 97.5 Å². The number of rotatable bonds is 87. The molecule has 3 N–H and O–H groups in total. The fraction of sp³-hybridized carbons (Fsp3) is 0.955. The Bertz CT molecular complexity index is 2050. The van der Waals surface area contributed by atoms with Gasteiger partial charge in [0.15, 0.2) is 12.2 Å². The van der Waals surface area contributed by atoms with Gasteiger partial charge in [-0.25, -0.2) is 9.13 Å². The van der Waals surface area contributed by atoms with Crippen molar-refractivity contribution in [1.29, 1.82) is 0 Å². The van der Waals surface area contributed by atoms with Crippen molar-refractivity contribution in [1.82, 2.24) is 0 Å². The summed E-state index contributed by atoms with van der Waals surface area (Å²) in [7, 11) is -9.93. The quantitative estimate of drug-likeness (QED) is 0.0222. The normalized spacial score (nSPS) is 13.8. The van der Waals surface area contributed by atoms with E-state index in [1.807, 2.05) is 0 Å². The van der Waals surface area contributed by atoms with E-state index in [-0.39, 0.29) is 25.7 Å². The predicted molar refractivity (Wildman–Crippen MR) is 442 cm³/mol. The van der Waals surface area contributed by atoms with Gasteiger partial charge in [0.2, 0.25) is 0 Å². The average Bonchev–Trinajstić information content (AvgIpc) is 0.885. The van der Waals surface area contributed by atoms with Crippen LogP contribution in [-0.2, 0) is 65.4 Å². The summed E-state index contributed by atoms with van der Waals surface area (Å²) in [4.78, 5) is 73.4. The molecule has 0 aliphatic rings.